The van der Waals surface area contributed by atoms with Gasteiger partial charge in [-0.2, -0.15) is 0 Å². The molecule has 3 atom stereocenters. The van der Waals surface area contributed by atoms with Crippen LogP contribution in [0.2, 0.25) is 0 Å². The van der Waals surface area contributed by atoms with Gasteiger partial charge < -0.3 is 9.64 Å². The van der Waals surface area contributed by atoms with Crippen molar-refractivity contribution in [1.82, 2.24) is 15.1 Å². The Balaban J connectivity index is 1.96. The molecule has 3 unspecified atom stereocenters. The number of hydrogen-bond acceptors (Lipinski definition) is 4. The van der Waals surface area contributed by atoms with Gasteiger partial charge in [-0.15, -0.1) is 0 Å². The first-order chi connectivity index (χ1) is 10.2. The molecular formula is C16H31N3O2. The van der Waals surface area contributed by atoms with Crippen LogP contribution in [-0.2, 0) is 9.53 Å². The van der Waals surface area contributed by atoms with Crippen molar-refractivity contribution in [3.8, 4) is 0 Å². The first-order valence-corrected chi connectivity index (χ1v) is 8.60. The Morgan fingerprint density at radius 1 is 1.24 bits per heavy atom. The number of hydrogen-bond donors (Lipinski definition) is 1. The molecule has 0 bridgehead atoms. The van der Waals surface area contributed by atoms with E-state index in [1.165, 1.54) is 0 Å². The second kappa shape index (κ2) is 8.11. The Bertz CT molecular complexity index is 337. The maximum Gasteiger partial charge on any atom is 0.241 e. The molecule has 2 saturated heterocycles. The Morgan fingerprint density at radius 3 is 2.67 bits per heavy atom. The molecule has 0 aliphatic carbocycles. The summed E-state index contributed by atoms with van der Waals surface area (Å²) in [5, 5.41) is 3.51. The standard InChI is InChI=1S/C16H31N3O2/c1-4-7-14-16(20)19(15(17-14)8-5-2)12-13-11-18(6-3)9-10-21-13/h13-15,17H,4-12H2,1-3H3. The molecule has 2 aliphatic heterocycles. The van der Waals surface area contributed by atoms with Crippen LogP contribution in [0.1, 0.15) is 46.5 Å². The molecule has 2 fully saturated rings. The summed E-state index contributed by atoms with van der Waals surface area (Å²) in [6.07, 6.45) is 4.44. The SMILES string of the molecule is CCCC1NC(CCC)N(CC2CN(CC)CCO2)C1=O. The molecule has 2 aliphatic rings. The second-order valence-corrected chi connectivity index (χ2v) is 6.19. The minimum absolute atomic E-state index is 0.0115. The number of likely N-dealkylation sites (N-methyl/N-ethyl adjacent to an activating group) is 1. The number of nitrogens with zero attached hydrogens (tertiary/aromatic N) is 2. The topological polar surface area (TPSA) is 44.8 Å². The minimum atomic E-state index is 0.0115. The summed E-state index contributed by atoms with van der Waals surface area (Å²) < 4.78 is 5.88. The minimum Gasteiger partial charge on any atom is -0.374 e. The average Bonchev–Trinajstić information content (AvgIpc) is 2.77. The molecule has 21 heavy (non-hydrogen) atoms. The molecule has 0 radical (unpaired) electrons. The molecule has 0 saturated carbocycles. The van der Waals surface area contributed by atoms with Crippen LogP contribution in [0.25, 0.3) is 0 Å². The van der Waals surface area contributed by atoms with Gasteiger partial charge >= 0.3 is 0 Å². The van der Waals surface area contributed by atoms with Crippen LogP contribution in [0, 0.1) is 0 Å². The maximum absolute atomic E-state index is 12.6. The summed E-state index contributed by atoms with van der Waals surface area (Å²) in [4.78, 5) is 17.0. The van der Waals surface area contributed by atoms with Crippen LogP contribution in [0.5, 0.6) is 0 Å². The van der Waals surface area contributed by atoms with Gasteiger partial charge in [-0.3, -0.25) is 15.0 Å². The molecule has 0 spiro atoms. The molecule has 1 N–H and O–H groups in total. The van der Waals surface area contributed by atoms with E-state index in [9.17, 15) is 4.79 Å². The van der Waals surface area contributed by atoms with Gasteiger partial charge in [0.05, 0.1) is 24.9 Å². The van der Waals surface area contributed by atoms with E-state index < -0.39 is 0 Å². The number of ether oxygens (including phenoxy) is 1. The summed E-state index contributed by atoms with van der Waals surface area (Å²) in [6, 6.07) is 0.0115. The van der Waals surface area contributed by atoms with Crippen molar-refractivity contribution in [3.05, 3.63) is 0 Å². The average molecular weight is 297 g/mol. The molecule has 2 rings (SSSR count). The summed E-state index contributed by atoms with van der Waals surface area (Å²) in [5.41, 5.74) is 0. The van der Waals surface area contributed by atoms with Gasteiger partial charge in [0.25, 0.3) is 0 Å². The number of amides is 1. The molecule has 0 aromatic heterocycles. The summed E-state index contributed by atoms with van der Waals surface area (Å²) in [6.45, 7) is 11.0. The van der Waals surface area contributed by atoms with E-state index in [1.807, 2.05) is 4.90 Å². The van der Waals surface area contributed by atoms with Gasteiger partial charge in [-0.1, -0.05) is 33.6 Å². The lowest BCUT2D eigenvalue weighted by molar-refractivity contribution is -0.133. The van der Waals surface area contributed by atoms with Crippen molar-refractivity contribution in [2.75, 3.05) is 32.8 Å². The fourth-order valence-electron chi connectivity index (χ4n) is 3.37. The number of nitrogens with one attached hydrogen (secondary N) is 1. The van der Waals surface area contributed by atoms with E-state index in [2.05, 4.69) is 31.0 Å². The smallest absolute Gasteiger partial charge is 0.241 e. The van der Waals surface area contributed by atoms with Crippen LogP contribution in [0.15, 0.2) is 0 Å². The van der Waals surface area contributed by atoms with Gasteiger partial charge in [-0.25, -0.2) is 0 Å². The lowest BCUT2D eigenvalue weighted by Crippen LogP contribution is -2.50. The van der Waals surface area contributed by atoms with Gasteiger partial charge in [0.2, 0.25) is 5.91 Å². The summed E-state index contributed by atoms with van der Waals surface area (Å²) in [5.74, 6) is 0.271. The van der Waals surface area contributed by atoms with Crippen LogP contribution < -0.4 is 5.32 Å². The Kier molecular flexibility index (Phi) is 6.45. The number of rotatable bonds is 7. The van der Waals surface area contributed by atoms with E-state index in [0.717, 1.165) is 58.5 Å². The van der Waals surface area contributed by atoms with Crippen LogP contribution in [-0.4, -0.2) is 66.8 Å². The highest BCUT2D eigenvalue weighted by molar-refractivity contribution is 5.84. The van der Waals surface area contributed by atoms with Gasteiger partial charge in [0, 0.05) is 19.6 Å². The zero-order valence-corrected chi connectivity index (χ0v) is 13.8. The van der Waals surface area contributed by atoms with Crippen molar-refractivity contribution in [2.24, 2.45) is 0 Å². The monoisotopic (exact) mass is 297 g/mol. The zero-order valence-electron chi connectivity index (χ0n) is 13.8. The lowest BCUT2D eigenvalue weighted by atomic mass is 10.1. The highest BCUT2D eigenvalue weighted by Gasteiger charge is 2.39. The van der Waals surface area contributed by atoms with Crippen molar-refractivity contribution in [3.63, 3.8) is 0 Å². The first-order valence-electron chi connectivity index (χ1n) is 8.60. The Hall–Kier alpha value is -0.650. The van der Waals surface area contributed by atoms with Gasteiger partial charge in [0.15, 0.2) is 0 Å². The fraction of sp³-hybridized carbons (Fsp3) is 0.938. The highest BCUT2D eigenvalue weighted by atomic mass is 16.5. The molecule has 1 amide bonds. The molecule has 0 aromatic carbocycles. The summed E-state index contributed by atoms with van der Waals surface area (Å²) >= 11 is 0. The number of carbonyl (C=O) groups is 1. The van der Waals surface area contributed by atoms with Crippen molar-refractivity contribution < 1.29 is 9.53 Å². The molecular weight excluding hydrogens is 266 g/mol. The second-order valence-electron chi connectivity index (χ2n) is 6.19. The Labute approximate surface area is 129 Å². The van der Waals surface area contributed by atoms with E-state index in [-0.39, 0.29) is 24.2 Å². The summed E-state index contributed by atoms with van der Waals surface area (Å²) in [7, 11) is 0. The first kappa shape index (κ1) is 16.7. The fourth-order valence-corrected chi connectivity index (χ4v) is 3.37. The third kappa shape index (κ3) is 4.18. The zero-order chi connectivity index (χ0) is 15.2. The van der Waals surface area contributed by atoms with E-state index in [4.69, 9.17) is 4.74 Å². The van der Waals surface area contributed by atoms with Crippen LogP contribution >= 0.6 is 0 Å². The number of morpholine rings is 1. The van der Waals surface area contributed by atoms with Crippen LogP contribution in [0.4, 0.5) is 0 Å². The Morgan fingerprint density at radius 2 is 2.00 bits per heavy atom. The maximum atomic E-state index is 12.6. The van der Waals surface area contributed by atoms with Gasteiger partial charge in [-0.05, 0) is 19.4 Å². The normalized spacial score (nSPS) is 31.1. The quantitative estimate of drug-likeness (QED) is 0.772. The highest BCUT2D eigenvalue weighted by Crippen LogP contribution is 2.20. The van der Waals surface area contributed by atoms with Crippen molar-refractivity contribution in [2.45, 2.75) is 64.8 Å². The molecule has 122 valence electrons. The predicted molar refractivity (Wildman–Crippen MR) is 84.1 cm³/mol. The largest absolute Gasteiger partial charge is 0.374 e. The predicted octanol–water partition coefficient (Wildman–Crippen LogP) is 1.43. The van der Waals surface area contributed by atoms with Crippen LogP contribution in [0.3, 0.4) is 0 Å². The molecule has 2 heterocycles. The lowest BCUT2D eigenvalue weighted by Gasteiger charge is -2.35. The van der Waals surface area contributed by atoms with E-state index in [1.54, 1.807) is 0 Å². The van der Waals surface area contributed by atoms with E-state index in [0.29, 0.717) is 0 Å². The van der Waals surface area contributed by atoms with Crippen molar-refractivity contribution in [1.29, 1.82) is 0 Å². The third-order valence-corrected chi connectivity index (χ3v) is 4.56. The molecule has 0 aromatic rings. The third-order valence-electron chi connectivity index (χ3n) is 4.56. The number of carbonyl (C=O) groups excluding carboxylic acids is 1. The van der Waals surface area contributed by atoms with E-state index >= 15 is 0 Å². The molecule has 5 nitrogen and oxygen atoms in total. The molecule has 5 heteroatoms. The van der Waals surface area contributed by atoms with Crippen molar-refractivity contribution >= 4 is 5.91 Å². The van der Waals surface area contributed by atoms with Gasteiger partial charge in [0.1, 0.15) is 0 Å².